The fourth-order valence-corrected chi connectivity index (χ4v) is 4.11. The SMILES string of the molecule is O=C(O)[C@H]1CC(=O)N(CCCN2CCOCC2)[C@@H]1c1ccsc1. The highest BCUT2D eigenvalue weighted by Crippen LogP contribution is 2.39. The third kappa shape index (κ3) is 3.73. The van der Waals surface area contributed by atoms with Gasteiger partial charge in [0.2, 0.25) is 5.91 Å². The van der Waals surface area contributed by atoms with Gasteiger partial charge in [-0.3, -0.25) is 14.5 Å². The molecule has 0 radical (unpaired) electrons. The van der Waals surface area contributed by atoms with Gasteiger partial charge in [-0.1, -0.05) is 0 Å². The molecule has 3 heterocycles. The maximum Gasteiger partial charge on any atom is 0.309 e. The van der Waals surface area contributed by atoms with Crippen molar-refractivity contribution in [2.24, 2.45) is 5.92 Å². The van der Waals surface area contributed by atoms with E-state index in [-0.39, 0.29) is 18.4 Å². The Morgan fingerprint density at radius 1 is 1.35 bits per heavy atom. The van der Waals surface area contributed by atoms with Crippen molar-refractivity contribution in [2.45, 2.75) is 18.9 Å². The first-order chi connectivity index (χ1) is 11.2. The van der Waals surface area contributed by atoms with Crippen molar-refractivity contribution in [1.82, 2.24) is 9.80 Å². The van der Waals surface area contributed by atoms with E-state index in [2.05, 4.69) is 4.90 Å². The van der Waals surface area contributed by atoms with Crippen LogP contribution in [0.2, 0.25) is 0 Å². The average molecular weight is 338 g/mol. The quantitative estimate of drug-likeness (QED) is 0.850. The summed E-state index contributed by atoms with van der Waals surface area (Å²) in [5, 5.41) is 13.3. The van der Waals surface area contributed by atoms with Crippen LogP contribution in [0.4, 0.5) is 0 Å². The zero-order valence-electron chi connectivity index (χ0n) is 13.0. The van der Waals surface area contributed by atoms with E-state index in [0.29, 0.717) is 6.54 Å². The molecular formula is C16H22N2O4S. The van der Waals surface area contributed by atoms with Crippen molar-refractivity contribution in [2.75, 3.05) is 39.4 Å². The van der Waals surface area contributed by atoms with E-state index in [1.54, 1.807) is 4.90 Å². The number of morpholine rings is 1. The number of amides is 1. The van der Waals surface area contributed by atoms with Crippen molar-refractivity contribution < 1.29 is 19.4 Å². The molecule has 0 bridgehead atoms. The number of nitrogens with zero attached hydrogens (tertiary/aromatic N) is 2. The molecule has 7 heteroatoms. The molecule has 6 nitrogen and oxygen atoms in total. The summed E-state index contributed by atoms with van der Waals surface area (Å²) in [6.07, 6.45) is 0.964. The third-order valence-electron chi connectivity index (χ3n) is 4.61. The Hall–Kier alpha value is -1.44. The fourth-order valence-electron chi connectivity index (χ4n) is 3.42. The van der Waals surface area contributed by atoms with E-state index < -0.39 is 11.9 Å². The molecule has 0 spiro atoms. The smallest absolute Gasteiger partial charge is 0.309 e. The number of carbonyl (C=O) groups excluding carboxylic acids is 1. The molecule has 1 amide bonds. The predicted octanol–water partition coefficient (Wildman–Crippen LogP) is 1.44. The number of aliphatic carboxylic acids is 1. The lowest BCUT2D eigenvalue weighted by atomic mass is 9.95. The lowest BCUT2D eigenvalue weighted by Crippen LogP contribution is -2.38. The highest BCUT2D eigenvalue weighted by molar-refractivity contribution is 7.08. The fraction of sp³-hybridized carbons (Fsp3) is 0.625. The van der Waals surface area contributed by atoms with Crippen LogP contribution in [0.25, 0.3) is 0 Å². The summed E-state index contributed by atoms with van der Waals surface area (Å²) >= 11 is 1.54. The Bertz CT molecular complexity index is 542. The number of carboxylic acids is 1. The van der Waals surface area contributed by atoms with Crippen LogP contribution in [0, 0.1) is 5.92 Å². The molecule has 0 aliphatic carbocycles. The van der Waals surface area contributed by atoms with Gasteiger partial charge in [-0.15, -0.1) is 0 Å². The van der Waals surface area contributed by atoms with Gasteiger partial charge in [-0.25, -0.2) is 0 Å². The highest BCUT2D eigenvalue weighted by atomic mass is 32.1. The van der Waals surface area contributed by atoms with Crippen LogP contribution >= 0.6 is 11.3 Å². The molecular weight excluding hydrogens is 316 g/mol. The molecule has 126 valence electrons. The van der Waals surface area contributed by atoms with Crippen LogP contribution in [0.15, 0.2) is 16.8 Å². The predicted molar refractivity (Wildman–Crippen MR) is 86.4 cm³/mol. The van der Waals surface area contributed by atoms with Crippen molar-refractivity contribution >= 4 is 23.2 Å². The Morgan fingerprint density at radius 3 is 2.78 bits per heavy atom. The minimum absolute atomic E-state index is 0.0458. The van der Waals surface area contributed by atoms with Crippen LogP contribution < -0.4 is 0 Å². The minimum Gasteiger partial charge on any atom is -0.481 e. The van der Waals surface area contributed by atoms with Crippen molar-refractivity contribution in [3.8, 4) is 0 Å². The second-order valence-corrected chi connectivity index (χ2v) is 6.83. The van der Waals surface area contributed by atoms with Crippen LogP contribution in [0.3, 0.4) is 0 Å². The lowest BCUT2D eigenvalue weighted by molar-refractivity contribution is -0.142. The van der Waals surface area contributed by atoms with E-state index in [4.69, 9.17) is 4.74 Å². The van der Waals surface area contributed by atoms with Gasteiger partial charge in [0.1, 0.15) is 0 Å². The van der Waals surface area contributed by atoms with Gasteiger partial charge in [0.15, 0.2) is 0 Å². The van der Waals surface area contributed by atoms with E-state index in [1.807, 2.05) is 16.8 Å². The molecule has 1 aromatic heterocycles. The summed E-state index contributed by atoms with van der Waals surface area (Å²) in [5.41, 5.74) is 0.944. The van der Waals surface area contributed by atoms with Gasteiger partial charge in [-0.05, 0) is 28.8 Å². The van der Waals surface area contributed by atoms with Gasteiger partial charge in [-0.2, -0.15) is 11.3 Å². The van der Waals surface area contributed by atoms with E-state index in [0.717, 1.165) is 44.8 Å². The molecule has 2 fully saturated rings. The summed E-state index contributed by atoms with van der Waals surface area (Å²) in [7, 11) is 0. The van der Waals surface area contributed by atoms with Gasteiger partial charge < -0.3 is 14.7 Å². The molecule has 0 unspecified atom stereocenters. The van der Waals surface area contributed by atoms with E-state index >= 15 is 0 Å². The summed E-state index contributed by atoms with van der Waals surface area (Å²) < 4.78 is 5.33. The number of carboxylic acid groups (broad SMARTS) is 1. The van der Waals surface area contributed by atoms with E-state index in [1.165, 1.54) is 11.3 Å². The number of carbonyl (C=O) groups is 2. The van der Waals surface area contributed by atoms with Crippen LogP contribution in [0.5, 0.6) is 0 Å². The molecule has 0 aromatic carbocycles. The zero-order chi connectivity index (χ0) is 16.2. The monoisotopic (exact) mass is 338 g/mol. The molecule has 1 aromatic rings. The normalized spacial score (nSPS) is 25.9. The summed E-state index contributed by atoms with van der Waals surface area (Å²) in [4.78, 5) is 27.9. The van der Waals surface area contributed by atoms with Crippen LogP contribution in [-0.2, 0) is 14.3 Å². The van der Waals surface area contributed by atoms with Crippen molar-refractivity contribution in [3.63, 3.8) is 0 Å². The Morgan fingerprint density at radius 2 is 2.13 bits per heavy atom. The third-order valence-corrected chi connectivity index (χ3v) is 5.31. The summed E-state index contributed by atoms with van der Waals surface area (Å²) in [5.74, 6) is -1.57. The molecule has 23 heavy (non-hydrogen) atoms. The van der Waals surface area contributed by atoms with Crippen LogP contribution in [0.1, 0.15) is 24.4 Å². The van der Waals surface area contributed by atoms with Crippen molar-refractivity contribution in [3.05, 3.63) is 22.4 Å². The van der Waals surface area contributed by atoms with Gasteiger partial charge in [0.25, 0.3) is 0 Å². The largest absolute Gasteiger partial charge is 0.481 e. The average Bonchev–Trinajstić information content (AvgIpc) is 3.17. The first-order valence-electron chi connectivity index (χ1n) is 8.01. The molecule has 3 rings (SSSR count). The topological polar surface area (TPSA) is 70.1 Å². The molecule has 2 aliphatic rings. The summed E-state index contributed by atoms with van der Waals surface area (Å²) in [6, 6.07) is 1.61. The second kappa shape index (κ2) is 7.42. The maximum atomic E-state index is 12.3. The molecule has 0 saturated carbocycles. The van der Waals surface area contributed by atoms with Crippen LogP contribution in [-0.4, -0.2) is 66.2 Å². The Labute approximate surface area is 139 Å². The van der Waals surface area contributed by atoms with Gasteiger partial charge in [0, 0.05) is 32.6 Å². The number of thiophene rings is 1. The van der Waals surface area contributed by atoms with Gasteiger partial charge >= 0.3 is 5.97 Å². The second-order valence-electron chi connectivity index (χ2n) is 6.05. The first-order valence-corrected chi connectivity index (χ1v) is 8.95. The number of rotatable bonds is 6. The molecule has 2 saturated heterocycles. The molecule has 2 aliphatic heterocycles. The maximum absolute atomic E-state index is 12.3. The standard InChI is InChI=1S/C16H22N2O4S/c19-14-10-13(16(20)21)15(12-2-9-23-11-12)18(14)4-1-3-17-5-7-22-8-6-17/h2,9,11,13,15H,1,3-8,10H2,(H,20,21)/t13-,15+/m0/s1. The Kier molecular flexibility index (Phi) is 5.30. The van der Waals surface area contributed by atoms with Crippen molar-refractivity contribution in [1.29, 1.82) is 0 Å². The molecule has 1 N–H and O–H groups in total. The van der Waals surface area contributed by atoms with E-state index in [9.17, 15) is 14.7 Å². The minimum atomic E-state index is -0.884. The highest BCUT2D eigenvalue weighted by Gasteiger charge is 2.44. The number of likely N-dealkylation sites (tertiary alicyclic amines) is 1. The van der Waals surface area contributed by atoms with Gasteiger partial charge in [0.05, 0.1) is 25.2 Å². The molecule has 2 atom stereocenters. The Balaban J connectivity index is 1.63. The first kappa shape index (κ1) is 16.4. The lowest BCUT2D eigenvalue weighted by Gasteiger charge is -2.29. The number of hydrogen-bond donors (Lipinski definition) is 1. The number of hydrogen-bond acceptors (Lipinski definition) is 5. The zero-order valence-corrected chi connectivity index (χ0v) is 13.8. The summed E-state index contributed by atoms with van der Waals surface area (Å²) in [6.45, 7) is 4.92. The number of ether oxygens (including phenoxy) is 1.